The van der Waals surface area contributed by atoms with Gasteiger partial charge in [0.2, 0.25) is 0 Å². The highest BCUT2D eigenvalue weighted by Crippen LogP contribution is 2.23. The molecule has 0 bridgehead atoms. The second-order valence-corrected chi connectivity index (χ2v) is 3.39. The molecular formula is C10H10ClFN2O2. The Hall–Kier alpha value is -1.62. The highest BCUT2D eigenvalue weighted by Gasteiger charge is 2.18. The zero-order chi connectivity index (χ0) is 12.1. The van der Waals surface area contributed by atoms with Crippen LogP contribution >= 0.6 is 11.6 Å². The third kappa shape index (κ3) is 2.93. The van der Waals surface area contributed by atoms with Gasteiger partial charge in [0.1, 0.15) is 0 Å². The van der Waals surface area contributed by atoms with Crippen LogP contribution in [-0.4, -0.2) is 16.2 Å². The largest absolute Gasteiger partial charge is 0.465 e. The number of nitrogens with zero attached hydrogens (tertiary/aromatic N) is 1. The number of carbonyl (C=O) groups is 1. The van der Waals surface area contributed by atoms with Crippen molar-refractivity contribution in [3.63, 3.8) is 0 Å². The summed E-state index contributed by atoms with van der Waals surface area (Å²) in [5.74, 6) is -0.718. The molecule has 2 N–H and O–H groups in total. The van der Waals surface area contributed by atoms with Crippen molar-refractivity contribution in [2.45, 2.75) is 12.5 Å². The second kappa shape index (κ2) is 5.46. The Balaban J connectivity index is 3.04. The Morgan fingerprint density at radius 2 is 2.50 bits per heavy atom. The SMILES string of the molecule is C=CCC(NC(=O)O)c1ccnc(Cl)c1F. The third-order valence-corrected chi connectivity index (χ3v) is 2.22. The molecule has 1 unspecified atom stereocenters. The molecule has 0 aliphatic carbocycles. The van der Waals surface area contributed by atoms with Crippen molar-refractivity contribution in [2.24, 2.45) is 0 Å². The molecule has 0 saturated carbocycles. The van der Waals surface area contributed by atoms with Gasteiger partial charge in [0.25, 0.3) is 0 Å². The first kappa shape index (κ1) is 12.4. The van der Waals surface area contributed by atoms with Crippen molar-refractivity contribution in [3.8, 4) is 0 Å². The molecular weight excluding hydrogens is 235 g/mol. The molecule has 86 valence electrons. The van der Waals surface area contributed by atoms with Gasteiger partial charge in [-0.25, -0.2) is 14.2 Å². The van der Waals surface area contributed by atoms with Crippen molar-refractivity contribution >= 4 is 17.7 Å². The van der Waals surface area contributed by atoms with E-state index in [4.69, 9.17) is 16.7 Å². The molecule has 0 aromatic carbocycles. The maximum atomic E-state index is 13.6. The predicted octanol–water partition coefficient (Wildman–Crippen LogP) is 2.76. The van der Waals surface area contributed by atoms with Gasteiger partial charge in [0, 0.05) is 11.8 Å². The van der Waals surface area contributed by atoms with Crippen molar-refractivity contribution in [3.05, 3.63) is 41.5 Å². The maximum absolute atomic E-state index is 13.6. The number of nitrogens with one attached hydrogen (secondary N) is 1. The van der Waals surface area contributed by atoms with Crippen LogP contribution in [0.2, 0.25) is 5.15 Å². The van der Waals surface area contributed by atoms with Gasteiger partial charge in [-0.2, -0.15) is 0 Å². The van der Waals surface area contributed by atoms with Crippen molar-refractivity contribution in [1.82, 2.24) is 10.3 Å². The van der Waals surface area contributed by atoms with Crippen molar-refractivity contribution < 1.29 is 14.3 Å². The summed E-state index contributed by atoms with van der Waals surface area (Å²) in [5.41, 5.74) is 0.155. The second-order valence-electron chi connectivity index (χ2n) is 3.03. The third-order valence-electron chi connectivity index (χ3n) is 1.95. The molecule has 1 amide bonds. The van der Waals surface area contributed by atoms with Gasteiger partial charge in [-0.1, -0.05) is 17.7 Å². The summed E-state index contributed by atoms with van der Waals surface area (Å²) in [6, 6.07) is 0.668. The van der Waals surface area contributed by atoms with E-state index in [2.05, 4.69) is 16.9 Å². The van der Waals surface area contributed by atoms with E-state index < -0.39 is 18.0 Å². The monoisotopic (exact) mass is 244 g/mol. The molecule has 6 heteroatoms. The lowest BCUT2D eigenvalue weighted by Gasteiger charge is -2.16. The molecule has 4 nitrogen and oxygen atoms in total. The van der Waals surface area contributed by atoms with Crippen LogP contribution in [0.5, 0.6) is 0 Å². The molecule has 0 saturated heterocycles. The summed E-state index contributed by atoms with van der Waals surface area (Å²) in [6.07, 6.45) is 1.84. The van der Waals surface area contributed by atoms with Gasteiger partial charge in [0.05, 0.1) is 6.04 Å². The number of aromatic nitrogens is 1. The Morgan fingerprint density at radius 1 is 1.81 bits per heavy atom. The zero-order valence-corrected chi connectivity index (χ0v) is 9.04. The van der Waals surface area contributed by atoms with Gasteiger partial charge < -0.3 is 10.4 Å². The molecule has 0 spiro atoms. The molecule has 1 aromatic heterocycles. The lowest BCUT2D eigenvalue weighted by atomic mass is 10.1. The van der Waals surface area contributed by atoms with Crippen LogP contribution in [0.25, 0.3) is 0 Å². The fraction of sp³-hybridized carbons (Fsp3) is 0.200. The van der Waals surface area contributed by atoms with Crippen LogP contribution in [0.1, 0.15) is 18.0 Å². The first-order chi connectivity index (χ1) is 7.56. The van der Waals surface area contributed by atoms with E-state index in [9.17, 15) is 9.18 Å². The van der Waals surface area contributed by atoms with Crippen LogP contribution in [-0.2, 0) is 0 Å². The Morgan fingerprint density at radius 3 is 3.06 bits per heavy atom. The molecule has 1 heterocycles. The van der Waals surface area contributed by atoms with E-state index in [1.165, 1.54) is 18.3 Å². The Bertz CT molecular complexity index is 412. The number of carboxylic acid groups (broad SMARTS) is 1. The average molecular weight is 245 g/mol. The molecule has 0 aliphatic rings. The first-order valence-electron chi connectivity index (χ1n) is 4.46. The van der Waals surface area contributed by atoms with E-state index in [1.54, 1.807) is 0 Å². The molecule has 16 heavy (non-hydrogen) atoms. The topological polar surface area (TPSA) is 62.2 Å². The van der Waals surface area contributed by atoms with Gasteiger partial charge in [-0.05, 0) is 12.5 Å². The average Bonchev–Trinajstić information content (AvgIpc) is 2.21. The molecule has 1 aromatic rings. The van der Waals surface area contributed by atoms with Gasteiger partial charge in [-0.3, -0.25) is 0 Å². The minimum Gasteiger partial charge on any atom is -0.465 e. The minimum absolute atomic E-state index is 0.155. The van der Waals surface area contributed by atoms with E-state index in [0.29, 0.717) is 0 Å². The lowest BCUT2D eigenvalue weighted by molar-refractivity contribution is 0.189. The van der Waals surface area contributed by atoms with Crippen molar-refractivity contribution in [2.75, 3.05) is 0 Å². The summed E-state index contributed by atoms with van der Waals surface area (Å²) >= 11 is 5.51. The zero-order valence-electron chi connectivity index (χ0n) is 8.28. The lowest BCUT2D eigenvalue weighted by Crippen LogP contribution is -2.27. The summed E-state index contributed by atoms with van der Waals surface area (Å²) < 4.78 is 13.6. The van der Waals surface area contributed by atoms with Crippen LogP contribution < -0.4 is 5.32 Å². The number of pyridine rings is 1. The minimum atomic E-state index is -1.24. The van der Waals surface area contributed by atoms with Gasteiger partial charge in [0.15, 0.2) is 11.0 Å². The summed E-state index contributed by atoms with van der Waals surface area (Å²) in [7, 11) is 0. The van der Waals surface area contributed by atoms with Gasteiger partial charge >= 0.3 is 6.09 Å². The molecule has 0 aliphatic heterocycles. The van der Waals surface area contributed by atoms with Crippen LogP contribution in [0, 0.1) is 5.82 Å². The molecule has 0 radical (unpaired) electrons. The smallest absolute Gasteiger partial charge is 0.405 e. The van der Waals surface area contributed by atoms with Crippen LogP contribution in [0.4, 0.5) is 9.18 Å². The van der Waals surface area contributed by atoms with Crippen LogP contribution in [0.3, 0.4) is 0 Å². The summed E-state index contributed by atoms with van der Waals surface area (Å²) in [5, 5.41) is 10.5. The van der Waals surface area contributed by atoms with Crippen molar-refractivity contribution in [1.29, 1.82) is 0 Å². The number of amides is 1. The Labute approximate surface area is 96.8 Å². The van der Waals surface area contributed by atoms with E-state index in [-0.39, 0.29) is 17.1 Å². The quantitative estimate of drug-likeness (QED) is 0.632. The van der Waals surface area contributed by atoms with E-state index in [0.717, 1.165) is 0 Å². The molecule has 1 rings (SSSR count). The first-order valence-corrected chi connectivity index (χ1v) is 4.84. The number of halogens is 2. The fourth-order valence-electron chi connectivity index (χ4n) is 1.28. The highest BCUT2D eigenvalue weighted by molar-refractivity contribution is 6.29. The number of rotatable bonds is 4. The van der Waals surface area contributed by atoms with E-state index in [1.807, 2.05) is 0 Å². The number of hydrogen-bond donors (Lipinski definition) is 2. The van der Waals surface area contributed by atoms with Gasteiger partial charge in [-0.15, -0.1) is 6.58 Å². The normalized spacial score (nSPS) is 11.9. The maximum Gasteiger partial charge on any atom is 0.405 e. The standard InChI is InChI=1S/C10H10ClFN2O2/c1-2-3-7(14-10(15)16)6-4-5-13-9(11)8(6)12/h2,4-5,7,14H,1,3H2,(H,15,16). The molecule has 0 fully saturated rings. The van der Waals surface area contributed by atoms with E-state index >= 15 is 0 Å². The number of hydrogen-bond acceptors (Lipinski definition) is 2. The molecule has 1 atom stereocenters. The Kier molecular flexibility index (Phi) is 4.25. The fourth-order valence-corrected chi connectivity index (χ4v) is 1.45. The summed E-state index contributed by atoms with van der Waals surface area (Å²) in [6.45, 7) is 3.48. The highest BCUT2D eigenvalue weighted by atomic mass is 35.5. The van der Waals surface area contributed by atoms with Crippen LogP contribution in [0.15, 0.2) is 24.9 Å². The predicted molar refractivity (Wildman–Crippen MR) is 57.9 cm³/mol. The summed E-state index contributed by atoms with van der Waals surface area (Å²) in [4.78, 5) is 14.1.